The van der Waals surface area contributed by atoms with Crippen LogP contribution in [0.25, 0.3) is 0 Å². The van der Waals surface area contributed by atoms with Crippen molar-refractivity contribution in [3.63, 3.8) is 0 Å². The first-order valence-corrected chi connectivity index (χ1v) is 6.73. The molecule has 1 heterocycles. The molecule has 1 saturated carbocycles. The summed E-state index contributed by atoms with van der Waals surface area (Å²) in [6, 6.07) is 3.66. The first-order valence-electron chi connectivity index (χ1n) is 6.73. The minimum absolute atomic E-state index is 0.0322. The van der Waals surface area contributed by atoms with E-state index in [1.807, 2.05) is 0 Å². The van der Waals surface area contributed by atoms with Crippen LogP contribution in [0.3, 0.4) is 0 Å². The van der Waals surface area contributed by atoms with Crippen LogP contribution in [0.15, 0.2) is 0 Å². The van der Waals surface area contributed by atoms with Crippen LogP contribution in [-0.4, -0.2) is 49.8 Å². The average Bonchev–Trinajstić information content (AvgIpc) is 3.19. The summed E-state index contributed by atoms with van der Waals surface area (Å²) in [5.74, 6) is 0. The molecule has 2 rings (SSSR count). The maximum atomic E-state index is 9.07. The Morgan fingerprint density at radius 3 is 2.65 bits per heavy atom. The van der Waals surface area contributed by atoms with E-state index in [0.717, 1.165) is 39.0 Å². The fraction of sp³-hybridized carbons (Fsp3) is 0.923. The summed E-state index contributed by atoms with van der Waals surface area (Å²) in [4.78, 5) is 2.39. The SMILES string of the molecule is CN(CCC(C#N)NC1CC1)C1CCOCC1. The molecule has 1 aliphatic heterocycles. The van der Waals surface area contributed by atoms with Crippen molar-refractivity contribution < 1.29 is 4.74 Å². The predicted octanol–water partition coefficient (Wildman–Crippen LogP) is 1.13. The molecule has 2 aliphatic rings. The first kappa shape index (κ1) is 12.8. The predicted molar refractivity (Wildman–Crippen MR) is 66.6 cm³/mol. The van der Waals surface area contributed by atoms with Gasteiger partial charge in [0.2, 0.25) is 0 Å². The lowest BCUT2D eigenvalue weighted by Gasteiger charge is -2.31. The molecule has 0 radical (unpaired) electrons. The number of nitrogens with zero attached hydrogens (tertiary/aromatic N) is 2. The third-order valence-electron chi connectivity index (χ3n) is 3.75. The average molecular weight is 237 g/mol. The van der Waals surface area contributed by atoms with Crippen LogP contribution >= 0.6 is 0 Å². The Kier molecular flexibility index (Phi) is 4.78. The summed E-state index contributed by atoms with van der Waals surface area (Å²) in [6.45, 7) is 2.77. The maximum Gasteiger partial charge on any atom is 0.0967 e. The summed E-state index contributed by atoms with van der Waals surface area (Å²) in [5.41, 5.74) is 0. The minimum atomic E-state index is 0.0322. The van der Waals surface area contributed by atoms with Gasteiger partial charge in [-0.3, -0.25) is 5.32 Å². The lowest BCUT2D eigenvalue weighted by Crippen LogP contribution is -2.40. The second-order valence-electron chi connectivity index (χ2n) is 5.24. The van der Waals surface area contributed by atoms with Crippen LogP contribution in [0.2, 0.25) is 0 Å². The van der Waals surface area contributed by atoms with Crippen LogP contribution < -0.4 is 5.32 Å². The number of hydrogen-bond donors (Lipinski definition) is 1. The van der Waals surface area contributed by atoms with E-state index < -0.39 is 0 Å². The third kappa shape index (κ3) is 4.27. The highest BCUT2D eigenvalue weighted by molar-refractivity contribution is 4.96. The molecule has 0 aromatic rings. The summed E-state index contributed by atoms with van der Waals surface area (Å²) in [6.07, 6.45) is 5.68. The van der Waals surface area contributed by atoms with E-state index in [1.165, 1.54) is 12.8 Å². The van der Waals surface area contributed by atoms with Crippen LogP contribution in [0.5, 0.6) is 0 Å². The van der Waals surface area contributed by atoms with Crippen molar-refractivity contribution in [2.24, 2.45) is 0 Å². The maximum absolute atomic E-state index is 9.07. The zero-order valence-electron chi connectivity index (χ0n) is 10.7. The van der Waals surface area contributed by atoms with E-state index in [1.54, 1.807) is 0 Å². The van der Waals surface area contributed by atoms with Gasteiger partial charge in [-0.1, -0.05) is 0 Å². The summed E-state index contributed by atoms with van der Waals surface area (Å²) < 4.78 is 5.37. The topological polar surface area (TPSA) is 48.3 Å². The van der Waals surface area contributed by atoms with Gasteiger partial charge < -0.3 is 9.64 Å². The highest BCUT2D eigenvalue weighted by Gasteiger charge is 2.25. The Morgan fingerprint density at radius 1 is 1.35 bits per heavy atom. The molecule has 4 nitrogen and oxygen atoms in total. The minimum Gasteiger partial charge on any atom is -0.381 e. The van der Waals surface area contributed by atoms with Gasteiger partial charge in [-0.2, -0.15) is 5.26 Å². The molecule has 1 saturated heterocycles. The monoisotopic (exact) mass is 237 g/mol. The normalized spacial score (nSPS) is 23.6. The standard InChI is InChI=1S/C13H23N3O/c1-16(13-5-8-17-9-6-13)7-4-12(10-14)15-11-2-3-11/h11-13,15H,2-9H2,1H3. The lowest BCUT2D eigenvalue weighted by atomic mass is 10.1. The molecule has 4 heteroatoms. The van der Waals surface area contributed by atoms with Gasteiger partial charge in [-0.25, -0.2) is 0 Å². The molecule has 1 atom stereocenters. The van der Waals surface area contributed by atoms with E-state index in [-0.39, 0.29) is 6.04 Å². The molecule has 0 amide bonds. The number of nitriles is 1. The molecule has 1 N–H and O–H groups in total. The second-order valence-corrected chi connectivity index (χ2v) is 5.24. The molecular formula is C13H23N3O. The number of hydrogen-bond acceptors (Lipinski definition) is 4. The molecule has 0 bridgehead atoms. The van der Waals surface area contributed by atoms with E-state index in [0.29, 0.717) is 12.1 Å². The second kappa shape index (κ2) is 6.34. The smallest absolute Gasteiger partial charge is 0.0967 e. The Labute approximate surface area is 104 Å². The molecule has 0 spiro atoms. The van der Waals surface area contributed by atoms with Crippen molar-refractivity contribution in [3.05, 3.63) is 0 Å². The molecule has 0 aromatic heterocycles. The van der Waals surface area contributed by atoms with Gasteiger partial charge in [-0.05, 0) is 39.2 Å². The van der Waals surface area contributed by atoms with Crippen LogP contribution in [0.1, 0.15) is 32.1 Å². The van der Waals surface area contributed by atoms with Crippen molar-refractivity contribution >= 4 is 0 Å². The summed E-state index contributed by atoms with van der Waals surface area (Å²) in [5, 5.41) is 12.5. The highest BCUT2D eigenvalue weighted by atomic mass is 16.5. The third-order valence-corrected chi connectivity index (χ3v) is 3.75. The van der Waals surface area contributed by atoms with E-state index in [9.17, 15) is 0 Å². The molecule has 96 valence electrons. The molecule has 0 aromatic carbocycles. The van der Waals surface area contributed by atoms with E-state index >= 15 is 0 Å². The van der Waals surface area contributed by atoms with Gasteiger partial charge in [0.15, 0.2) is 0 Å². The largest absolute Gasteiger partial charge is 0.381 e. The molecule has 1 aliphatic carbocycles. The molecule has 1 unspecified atom stereocenters. The Morgan fingerprint density at radius 2 is 2.06 bits per heavy atom. The van der Waals surface area contributed by atoms with Crippen molar-refractivity contribution in [1.82, 2.24) is 10.2 Å². The van der Waals surface area contributed by atoms with E-state index in [2.05, 4.69) is 23.3 Å². The van der Waals surface area contributed by atoms with Gasteiger partial charge in [0.05, 0.1) is 12.1 Å². The Balaban J connectivity index is 1.66. The summed E-state index contributed by atoms with van der Waals surface area (Å²) >= 11 is 0. The summed E-state index contributed by atoms with van der Waals surface area (Å²) in [7, 11) is 2.17. The van der Waals surface area contributed by atoms with Crippen LogP contribution in [0, 0.1) is 11.3 Å². The van der Waals surface area contributed by atoms with Crippen molar-refractivity contribution in [3.8, 4) is 6.07 Å². The molecular weight excluding hydrogens is 214 g/mol. The van der Waals surface area contributed by atoms with Gasteiger partial charge in [-0.15, -0.1) is 0 Å². The Bertz CT molecular complexity index is 266. The van der Waals surface area contributed by atoms with Gasteiger partial charge in [0.25, 0.3) is 0 Å². The van der Waals surface area contributed by atoms with E-state index in [4.69, 9.17) is 10.00 Å². The lowest BCUT2D eigenvalue weighted by molar-refractivity contribution is 0.0423. The van der Waals surface area contributed by atoms with Gasteiger partial charge >= 0.3 is 0 Å². The Hall–Kier alpha value is -0.630. The fourth-order valence-corrected chi connectivity index (χ4v) is 2.36. The van der Waals surface area contributed by atoms with Crippen LogP contribution in [0.4, 0.5) is 0 Å². The van der Waals surface area contributed by atoms with Crippen molar-refractivity contribution in [2.45, 2.75) is 50.2 Å². The first-order chi connectivity index (χ1) is 8.29. The van der Waals surface area contributed by atoms with Gasteiger partial charge in [0, 0.05) is 31.8 Å². The molecule has 2 fully saturated rings. The van der Waals surface area contributed by atoms with Crippen LogP contribution in [-0.2, 0) is 4.74 Å². The highest BCUT2D eigenvalue weighted by Crippen LogP contribution is 2.20. The quantitative estimate of drug-likeness (QED) is 0.752. The van der Waals surface area contributed by atoms with Crippen molar-refractivity contribution in [1.29, 1.82) is 5.26 Å². The number of ether oxygens (including phenoxy) is 1. The zero-order valence-corrected chi connectivity index (χ0v) is 10.7. The zero-order chi connectivity index (χ0) is 12.1. The number of nitrogens with one attached hydrogen (secondary N) is 1. The molecule has 17 heavy (non-hydrogen) atoms. The van der Waals surface area contributed by atoms with Crippen molar-refractivity contribution in [2.75, 3.05) is 26.8 Å². The van der Waals surface area contributed by atoms with Gasteiger partial charge in [0.1, 0.15) is 0 Å². The number of rotatable bonds is 6. The fourth-order valence-electron chi connectivity index (χ4n) is 2.36.